The van der Waals surface area contributed by atoms with E-state index < -0.39 is 0 Å². The van der Waals surface area contributed by atoms with Gasteiger partial charge in [0, 0.05) is 12.1 Å². The minimum Gasteiger partial charge on any atom is -0.314 e. The van der Waals surface area contributed by atoms with E-state index in [9.17, 15) is 0 Å². The number of hydrogen-bond acceptors (Lipinski definition) is 2. The fraction of sp³-hybridized carbons (Fsp3) is 1.00. The summed E-state index contributed by atoms with van der Waals surface area (Å²) in [5.41, 5.74) is 1.34. The first-order valence-electron chi connectivity index (χ1n) is 7.74. The lowest BCUT2D eigenvalue weighted by molar-refractivity contribution is 0.418. The quantitative estimate of drug-likeness (QED) is 0.613. The molecule has 2 heterocycles. The van der Waals surface area contributed by atoms with Crippen LogP contribution in [0, 0.1) is 34.5 Å². The molecule has 2 aliphatic carbocycles. The van der Waals surface area contributed by atoms with Crippen molar-refractivity contribution >= 4 is 40.5 Å². The zero-order valence-corrected chi connectivity index (χ0v) is 17.4. The van der Waals surface area contributed by atoms with Gasteiger partial charge in [-0.05, 0) is 61.4 Å². The third-order valence-corrected chi connectivity index (χ3v) is 6.68. The third-order valence-electron chi connectivity index (χ3n) is 6.68. The average molecular weight is 401 g/mol. The van der Waals surface area contributed by atoms with Crippen molar-refractivity contribution < 1.29 is 0 Å². The number of hydrogen-bond donors (Lipinski definition) is 2. The van der Waals surface area contributed by atoms with Crippen LogP contribution in [-0.4, -0.2) is 25.2 Å². The highest BCUT2D eigenvalue weighted by Gasteiger charge is 2.63. The summed E-state index contributed by atoms with van der Waals surface area (Å²) >= 11 is 0. The van der Waals surface area contributed by atoms with Gasteiger partial charge in [-0.25, -0.2) is 0 Å². The van der Waals surface area contributed by atoms with E-state index >= 15 is 0 Å². The van der Waals surface area contributed by atoms with Crippen molar-refractivity contribution in [3.05, 3.63) is 0 Å². The van der Waals surface area contributed by atoms with E-state index in [1.807, 2.05) is 0 Å². The summed E-state index contributed by atoms with van der Waals surface area (Å²) in [6.45, 7) is 16.7. The van der Waals surface area contributed by atoms with Gasteiger partial charge >= 0.3 is 0 Å². The molecule has 0 spiro atoms. The van der Waals surface area contributed by atoms with Gasteiger partial charge in [-0.3, -0.25) is 0 Å². The van der Waals surface area contributed by atoms with Crippen molar-refractivity contribution in [3.8, 4) is 0 Å². The Hall–Kier alpha value is 0.970. The van der Waals surface area contributed by atoms with Gasteiger partial charge in [0.05, 0.1) is 0 Å². The van der Waals surface area contributed by atoms with Gasteiger partial charge in [-0.15, -0.1) is 0 Å². The average Bonchev–Trinajstić information content (AvgIpc) is 2.81. The summed E-state index contributed by atoms with van der Waals surface area (Å²) in [4.78, 5) is 0. The largest absolute Gasteiger partial charge is 0.314 e. The van der Waals surface area contributed by atoms with Crippen LogP contribution >= 0.6 is 40.5 Å². The molecule has 5 heteroatoms. The molecule has 152 valence electrons. The lowest BCUT2D eigenvalue weighted by atomic mass is 10.0. The SMILES string of the molecule is C.C.C.C[C@@H]1NC[C@@H]2[C@H]1C2(C)C.C[C@H]1NC[C@H]2[C@@H]1C2(C)C.S.S.S. The fourth-order valence-electron chi connectivity index (χ4n) is 5.22. The smallest absolute Gasteiger partial charge is 0.00756 e. The Bertz CT molecular complexity index is 327. The highest BCUT2D eigenvalue weighted by atomic mass is 32.1. The molecule has 0 aromatic rings. The third kappa shape index (κ3) is 5.03. The molecular formula is C19H48N2S3. The van der Waals surface area contributed by atoms with Gasteiger partial charge < -0.3 is 10.6 Å². The molecule has 2 saturated carbocycles. The maximum atomic E-state index is 3.47. The summed E-state index contributed by atoms with van der Waals surface area (Å²) < 4.78 is 0. The summed E-state index contributed by atoms with van der Waals surface area (Å²) in [6.07, 6.45) is 0. The molecule has 0 unspecified atom stereocenters. The van der Waals surface area contributed by atoms with Gasteiger partial charge in [-0.1, -0.05) is 50.0 Å². The van der Waals surface area contributed by atoms with E-state index in [1.165, 1.54) is 13.1 Å². The minimum absolute atomic E-state index is 0. The zero-order chi connectivity index (χ0) is 13.3. The molecule has 0 aromatic carbocycles. The highest BCUT2D eigenvalue weighted by molar-refractivity contribution is 7.59. The van der Waals surface area contributed by atoms with Gasteiger partial charge in [-0.2, -0.15) is 40.5 Å². The Kier molecular flexibility index (Phi) is 14.1. The van der Waals surface area contributed by atoms with Crippen LogP contribution in [0.15, 0.2) is 0 Å². The first-order chi connectivity index (χ1) is 8.28. The number of rotatable bonds is 0. The maximum Gasteiger partial charge on any atom is 0.00756 e. The Labute approximate surface area is 174 Å². The second-order valence-corrected chi connectivity index (χ2v) is 8.30. The zero-order valence-electron chi connectivity index (χ0n) is 14.4. The lowest BCUT2D eigenvalue weighted by Crippen LogP contribution is -2.27. The number of fused-ring (bicyclic) bond motifs is 2. The minimum atomic E-state index is 0. The van der Waals surface area contributed by atoms with Crippen LogP contribution in [0.5, 0.6) is 0 Å². The van der Waals surface area contributed by atoms with Crippen LogP contribution in [0.2, 0.25) is 0 Å². The molecule has 4 fully saturated rings. The monoisotopic (exact) mass is 400 g/mol. The highest BCUT2D eigenvalue weighted by Crippen LogP contribution is 2.62. The summed E-state index contributed by atoms with van der Waals surface area (Å²) in [5.74, 6) is 3.95. The molecule has 4 rings (SSSR count). The van der Waals surface area contributed by atoms with Crippen molar-refractivity contribution in [2.24, 2.45) is 34.5 Å². The summed E-state index contributed by atoms with van der Waals surface area (Å²) in [5, 5.41) is 6.95. The van der Waals surface area contributed by atoms with Gasteiger partial charge in [0.15, 0.2) is 0 Å². The van der Waals surface area contributed by atoms with E-state index in [-0.39, 0.29) is 62.8 Å². The Morgan fingerprint density at radius 3 is 0.958 bits per heavy atom. The van der Waals surface area contributed by atoms with E-state index in [4.69, 9.17) is 0 Å². The number of nitrogens with one attached hydrogen (secondary N) is 2. The van der Waals surface area contributed by atoms with E-state index in [0.29, 0.717) is 10.8 Å². The van der Waals surface area contributed by atoms with Crippen molar-refractivity contribution in [1.29, 1.82) is 0 Å². The molecule has 2 N–H and O–H groups in total. The summed E-state index contributed by atoms with van der Waals surface area (Å²) in [7, 11) is 0. The first-order valence-corrected chi connectivity index (χ1v) is 7.74. The molecule has 2 saturated heterocycles. The molecule has 24 heavy (non-hydrogen) atoms. The van der Waals surface area contributed by atoms with E-state index in [2.05, 4.69) is 52.2 Å². The van der Waals surface area contributed by atoms with Crippen LogP contribution in [0.4, 0.5) is 0 Å². The van der Waals surface area contributed by atoms with Gasteiger partial charge in [0.2, 0.25) is 0 Å². The van der Waals surface area contributed by atoms with Crippen molar-refractivity contribution in [1.82, 2.24) is 10.6 Å². The van der Waals surface area contributed by atoms with E-state index in [1.54, 1.807) is 0 Å². The fourth-order valence-corrected chi connectivity index (χ4v) is 5.22. The van der Waals surface area contributed by atoms with Crippen LogP contribution in [0.25, 0.3) is 0 Å². The second-order valence-electron chi connectivity index (χ2n) is 8.30. The molecule has 4 aliphatic rings. The second kappa shape index (κ2) is 10.3. The normalized spacial score (nSPS) is 39.8. The molecule has 2 aliphatic heterocycles. The topological polar surface area (TPSA) is 24.1 Å². The predicted molar refractivity (Wildman–Crippen MR) is 128 cm³/mol. The first kappa shape index (κ1) is 32.6. The predicted octanol–water partition coefficient (Wildman–Crippen LogP) is 4.75. The van der Waals surface area contributed by atoms with Crippen LogP contribution in [0.3, 0.4) is 0 Å². The Morgan fingerprint density at radius 1 is 0.625 bits per heavy atom. The number of piperidine rings is 2. The van der Waals surface area contributed by atoms with E-state index in [0.717, 1.165) is 35.8 Å². The Balaban J connectivity index is -0.000000133. The standard InChI is InChI=1S/2C8H15N.3CH4.3H2S/c2*1-5-7-6(4-9-5)8(7,2)3;;;;;;/h2*5-7,9H,4H2,1-3H3;3*1H4;3*1H2/t2*5-,6+,7-;;;;;;/m10....../s1. The molecule has 0 radical (unpaired) electrons. The van der Waals surface area contributed by atoms with Crippen molar-refractivity contribution in [2.45, 2.75) is 75.9 Å². The van der Waals surface area contributed by atoms with Gasteiger partial charge in [0.25, 0.3) is 0 Å². The lowest BCUT2D eigenvalue weighted by Gasteiger charge is -2.13. The van der Waals surface area contributed by atoms with Crippen LogP contribution < -0.4 is 10.6 Å². The maximum absolute atomic E-state index is 3.47. The summed E-state index contributed by atoms with van der Waals surface area (Å²) in [6, 6.07) is 1.56. The van der Waals surface area contributed by atoms with Crippen LogP contribution in [0.1, 0.15) is 63.8 Å². The molecule has 6 atom stereocenters. The molecule has 0 amide bonds. The van der Waals surface area contributed by atoms with Gasteiger partial charge in [0.1, 0.15) is 0 Å². The Morgan fingerprint density at radius 2 is 0.875 bits per heavy atom. The molecular weight excluding hydrogens is 352 g/mol. The molecule has 0 aromatic heterocycles. The molecule has 0 bridgehead atoms. The molecule has 2 nitrogen and oxygen atoms in total. The van der Waals surface area contributed by atoms with Crippen molar-refractivity contribution in [2.75, 3.05) is 13.1 Å². The van der Waals surface area contributed by atoms with Crippen molar-refractivity contribution in [3.63, 3.8) is 0 Å². The van der Waals surface area contributed by atoms with Crippen LogP contribution in [-0.2, 0) is 0 Å².